The van der Waals surface area contributed by atoms with Gasteiger partial charge in [0.1, 0.15) is 23.9 Å². The summed E-state index contributed by atoms with van der Waals surface area (Å²) >= 11 is 0. The van der Waals surface area contributed by atoms with Gasteiger partial charge in [-0.05, 0) is 72.1 Å². The molecule has 0 saturated carbocycles. The van der Waals surface area contributed by atoms with Crippen LogP contribution in [0.15, 0.2) is 109 Å². The number of pyridine rings is 2. The molecule has 7 heteroatoms. The van der Waals surface area contributed by atoms with Crippen molar-refractivity contribution in [1.29, 1.82) is 0 Å². The lowest BCUT2D eigenvalue weighted by Crippen LogP contribution is -2.12. The number of nitrogens with one attached hydrogen (secondary N) is 2. The van der Waals surface area contributed by atoms with Crippen molar-refractivity contribution in [1.82, 2.24) is 9.97 Å². The van der Waals surface area contributed by atoms with Gasteiger partial charge in [-0.3, -0.25) is 4.79 Å². The molecular weight excluding hydrogens is 488 g/mol. The van der Waals surface area contributed by atoms with E-state index in [4.69, 9.17) is 9.47 Å². The smallest absolute Gasteiger partial charge is 0.255 e. The van der Waals surface area contributed by atoms with Crippen molar-refractivity contribution in [2.24, 2.45) is 0 Å². The van der Waals surface area contributed by atoms with Gasteiger partial charge in [0, 0.05) is 42.3 Å². The number of nitrogens with zero attached hydrogens (tertiary/aromatic N) is 2. The molecule has 0 unspecified atom stereocenters. The Morgan fingerprint density at radius 3 is 2.56 bits per heavy atom. The Bertz CT molecular complexity index is 1590. The SMILES string of the molecule is CNc1cc(-c2cccnc2Oc2cc(C(=O)Nc3cccc(OCc4ccccc4)c3)ccc2C)ccn1. The Kier molecular flexibility index (Phi) is 7.79. The fourth-order valence-corrected chi connectivity index (χ4v) is 3.99. The largest absolute Gasteiger partial charge is 0.489 e. The number of aromatic nitrogens is 2. The third-order valence-electron chi connectivity index (χ3n) is 6.10. The lowest BCUT2D eigenvalue weighted by Gasteiger charge is -2.14. The third-order valence-corrected chi connectivity index (χ3v) is 6.10. The Hall–Kier alpha value is -5.17. The molecule has 0 aliphatic carbocycles. The van der Waals surface area contributed by atoms with Crippen LogP contribution in [0.1, 0.15) is 21.5 Å². The fraction of sp³-hybridized carbons (Fsp3) is 0.0938. The number of aryl methyl sites for hydroxylation is 1. The molecule has 194 valence electrons. The minimum Gasteiger partial charge on any atom is -0.489 e. The second-order valence-electron chi connectivity index (χ2n) is 8.87. The molecule has 2 N–H and O–H groups in total. The highest BCUT2D eigenvalue weighted by Gasteiger charge is 2.14. The zero-order valence-electron chi connectivity index (χ0n) is 21.7. The predicted molar refractivity (Wildman–Crippen MR) is 153 cm³/mol. The van der Waals surface area contributed by atoms with Gasteiger partial charge in [-0.15, -0.1) is 0 Å². The van der Waals surface area contributed by atoms with Crippen molar-refractivity contribution in [3.8, 4) is 28.5 Å². The fourth-order valence-electron chi connectivity index (χ4n) is 3.99. The van der Waals surface area contributed by atoms with Crippen LogP contribution < -0.4 is 20.1 Å². The first kappa shape index (κ1) is 25.5. The molecule has 2 aromatic heterocycles. The van der Waals surface area contributed by atoms with Crippen LogP contribution in [-0.2, 0) is 6.61 Å². The number of carbonyl (C=O) groups excluding carboxylic acids is 1. The molecule has 39 heavy (non-hydrogen) atoms. The van der Waals surface area contributed by atoms with E-state index < -0.39 is 0 Å². The third kappa shape index (κ3) is 6.40. The van der Waals surface area contributed by atoms with Crippen LogP contribution in [0.2, 0.25) is 0 Å². The van der Waals surface area contributed by atoms with Gasteiger partial charge in [0.05, 0.1) is 0 Å². The summed E-state index contributed by atoms with van der Waals surface area (Å²) in [6, 6.07) is 30.3. The van der Waals surface area contributed by atoms with Crippen molar-refractivity contribution >= 4 is 17.4 Å². The number of hydrogen-bond acceptors (Lipinski definition) is 6. The van der Waals surface area contributed by atoms with E-state index in [-0.39, 0.29) is 5.91 Å². The van der Waals surface area contributed by atoms with Crippen molar-refractivity contribution in [3.63, 3.8) is 0 Å². The maximum Gasteiger partial charge on any atom is 0.255 e. The molecule has 7 nitrogen and oxygen atoms in total. The average Bonchev–Trinajstić information content (AvgIpc) is 2.98. The normalized spacial score (nSPS) is 10.5. The molecule has 0 bridgehead atoms. The minimum atomic E-state index is -0.255. The number of ether oxygens (including phenoxy) is 2. The molecular formula is C32H28N4O3. The van der Waals surface area contributed by atoms with Crippen LogP contribution in [0.25, 0.3) is 11.1 Å². The summed E-state index contributed by atoms with van der Waals surface area (Å²) in [5.74, 6) is 2.14. The highest BCUT2D eigenvalue weighted by Crippen LogP contribution is 2.33. The standard InChI is InChI=1S/C32H28N4O3/c1-22-13-14-25(31(37)36-26-10-6-11-27(20-26)38-21-23-8-4-3-5-9-23)18-29(22)39-32-28(12-7-16-35-32)24-15-17-34-30(19-24)33-2/h3-20H,21H2,1-2H3,(H,33,34)(H,36,37). The van der Waals surface area contributed by atoms with Crippen LogP contribution in [0.3, 0.4) is 0 Å². The van der Waals surface area contributed by atoms with E-state index >= 15 is 0 Å². The van der Waals surface area contributed by atoms with E-state index in [0.717, 1.165) is 28.1 Å². The summed E-state index contributed by atoms with van der Waals surface area (Å²) in [5.41, 5.74) is 4.78. The van der Waals surface area contributed by atoms with E-state index in [1.54, 1.807) is 30.6 Å². The molecule has 0 spiro atoms. The molecule has 0 saturated heterocycles. The quantitative estimate of drug-likeness (QED) is 0.217. The number of carbonyl (C=O) groups is 1. The molecule has 0 fully saturated rings. The summed E-state index contributed by atoms with van der Waals surface area (Å²) in [5, 5.41) is 6.00. The van der Waals surface area contributed by atoms with Crippen LogP contribution in [0, 0.1) is 6.92 Å². The summed E-state index contributed by atoms with van der Waals surface area (Å²) in [6.07, 6.45) is 3.41. The van der Waals surface area contributed by atoms with Gasteiger partial charge in [-0.2, -0.15) is 0 Å². The Balaban J connectivity index is 1.32. The van der Waals surface area contributed by atoms with E-state index in [1.807, 2.05) is 92.8 Å². The van der Waals surface area contributed by atoms with Crippen molar-refractivity contribution in [3.05, 3.63) is 126 Å². The van der Waals surface area contributed by atoms with Gasteiger partial charge in [0.2, 0.25) is 5.88 Å². The lowest BCUT2D eigenvalue weighted by molar-refractivity contribution is 0.102. The molecule has 1 amide bonds. The first-order chi connectivity index (χ1) is 19.1. The number of anilines is 2. The predicted octanol–water partition coefficient (Wildman–Crippen LogP) is 7.12. The molecule has 0 radical (unpaired) electrons. The summed E-state index contributed by atoms with van der Waals surface area (Å²) < 4.78 is 12.1. The van der Waals surface area contributed by atoms with Crippen molar-refractivity contribution in [2.75, 3.05) is 17.7 Å². The average molecular weight is 517 g/mol. The van der Waals surface area contributed by atoms with Gasteiger partial charge < -0.3 is 20.1 Å². The summed E-state index contributed by atoms with van der Waals surface area (Å²) in [7, 11) is 1.82. The molecule has 5 aromatic rings. The summed E-state index contributed by atoms with van der Waals surface area (Å²) in [6.45, 7) is 2.38. The topological polar surface area (TPSA) is 85.4 Å². The molecule has 0 aliphatic rings. The maximum absolute atomic E-state index is 13.1. The van der Waals surface area contributed by atoms with Crippen LogP contribution in [0.4, 0.5) is 11.5 Å². The van der Waals surface area contributed by atoms with E-state index in [2.05, 4.69) is 20.6 Å². The molecule has 5 rings (SSSR count). The first-order valence-electron chi connectivity index (χ1n) is 12.5. The number of hydrogen-bond donors (Lipinski definition) is 2. The molecule has 0 atom stereocenters. The Labute approximate surface area is 227 Å². The van der Waals surface area contributed by atoms with Crippen LogP contribution in [0.5, 0.6) is 17.4 Å². The Morgan fingerprint density at radius 1 is 0.846 bits per heavy atom. The van der Waals surface area contributed by atoms with Crippen molar-refractivity contribution in [2.45, 2.75) is 13.5 Å². The zero-order valence-corrected chi connectivity index (χ0v) is 21.7. The zero-order chi connectivity index (χ0) is 27.0. The molecule has 2 heterocycles. The minimum absolute atomic E-state index is 0.255. The lowest BCUT2D eigenvalue weighted by atomic mass is 10.1. The number of rotatable bonds is 9. The monoisotopic (exact) mass is 516 g/mol. The highest BCUT2D eigenvalue weighted by molar-refractivity contribution is 6.04. The van der Waals surface area contributed by atoms with Crippen LogP contribution >= 0.6 is 0 Å². The summed E-state index contributed by atoms with van der Waals surface area (Å²) in [4.78, 5) is 21.9. The molecule has 0 aliphatic heterocycles. The van der Waals surface area contributed by atoms with Crippen LogP contribution in [-0.4, -0.2) is 22.9 Å². The van der Waals surface area contributed by atoms with Gasteiger partial charge in [-0.1, -0.05) is 42.5 Å². The second kappa shape index (κ2) is 11.9. The maximum atomic E-state index is 13.1. The second-order valence-corrected chi connectivity index (χ2v) is 8.87. The highest BCUT2D eigenvalue weighted by atomic mass is 16.5. The number of benzene rings is 3. The van der Waals surface area contributed by atoms with Gasteiger partial charge in [0.15, 0.2) is 0 Å². The van der Waals surface area contributed by atoms with E-state index in [0.29, 0.717) is 35.2 Å². The first-order valence-corrected chi connectivity index (χ1v) is 12.5. The molecule has 3 aromatic carbocycles. The van der Waals surface area contributed by atoms with Crippen molar-refractivity contribution < 1.29 is 14.3 Å². The van der Waals surface area contributed by atoms with E-state index in [1.165, 1.54) is 0 Å². The van der Waals surface area contributed by atoms with Gasteiger partial charge >= 0.3 is 0 Å². The van der Waals surface area contributed by atoms with Gasteiger partial charge in [0.25, 0.3) is 5.91 Å². The van der Waals surface area contributed by atoms with E-state index in [9.17, 15) is 4.79 Å². The Morgan fingerprint density at radius 2 is 1.72 bits per heavy atom. The number of amides is 1. The van der Waals surface area contributed by atoms with Gasteiger partial charge in [-0.25, -0.2) is 9.97 Å².